The van der Waals surface area contributed by atoms with Crippen LogP contribution < -0.4 is 26.4 Å². The highest BCUT2D eigenvalue weighted by atomic mass is 16.2. The molecule has 0 saturated carbocycles. The molecule has 3 N–H and O–H groups in total. The molecule has 6 aromatic rings. The van der Waals surface area contributed by atoms with E-state index in [0.717, 1.165) is 102 Å². The molecule has 15 heteroatoms. The Kier molecular flexibility index (Phi) is 9.16. The molecule has 0 radical (unpaired) electrons. The molecule has 6 heterocycles. The van der Waals surface area contributed by atoms with Crippen LogP contribution in [0.3, 0.4) is 0 Å². The van der Waals surface area contributed by atoms with Gasteiger partial charge in [0.15, 0.2) is 11.5 Å². The van der Waals surface area contributed by atoms with Crippen molar-refractivity contribution in [3.05, 3.63) is 93.4 Å². The monoisotopic (exact) mass is 752 g/mol. The number of para-hydroxylation sites is 1. The van der Waals surface area contributed by atoms with E-state index in [1.807, 2.05) is 25.4 Å². The first-order valence-corrected chi connectivity index (χ1v) is 19.3. The molecule has 0 aliphatic carbocycles. The van der Waals surface area contributed by atoms with E-state index in [4.69, 9.17) is 10.1 Å². The Morgan fingerprint density at radius 2 is 1.70 bits per heavy atom. The largest absolute Gasteiger partial charge is 0.371 e. The van der Waals surface area contributed by atoms with E-state index in [1.165, 1.54) is 11.1 Å². The van der Waals surface area contributed by atoms with Crippen molar-refractivity contribution in [3.63, 3.8) is 0 Å². The molecule has 0 spiro atoms. The minimum atomic E-state index is -0.835. The number of anilines is 5. The second kappa shape index (κ2) is 14.5. The number of hydrogen-bond acceptors (Lipinski definition) is 12. The molecular weight excluding hydrogens is 709 g/mol. The zero-order chi connectivity index (χ0) is 38.5. The van der Waals surface area contributed by atoms with E-state index >= 15 is 0 Å². The van der Waals surface area contributed by atoms with Crippen LogP contribution in [0.1, 0.15) is 54.0 Å². The predicted molar refractivity (Wildman–Crippen MR) is 214 cm³/mol. The second-order valence-corrected chi connectivity index (χ2v) is 15.3. The van der Waals surface area contributed by atoms with Crippen molar-refractivity contribution in [1.29, 1.82) is 0 Å². The van der Waals surface area contributed by atoms with Gasteiger partial charge in [0.1, 0.15) is 11.6 Å². The van der Waals surface area contributed by atoms with Gasteiger partial charge in [0.25, 0.3) is 11.5 Å². The second-order valence-electron chi connectivity index (χ2n) is 15.3. The van der Waals surface area contributed by atoms with E-state index in [2.05, 4.69) is 91.3 Å². The van der Waals surface area contributed by atoms with Gasteiger partial charge in [0.2, 0.25) is 11.9 Å². The first-order valence-electron chi connectivity index (χ1n) is 19.3. The van der Waals surface area contributed by atoms with Crippen molar-refractivity contribution >= 4 is 62.6 Å². The number of imide groups is 1. The van der Waals surface area contributed by atoms with Gasteiger partial charge in [0, 0.05) is 69.5 Å². The smallest absolute Gasteiger partial charge is 0.278 e. The number of carbonyl (C=O) groups excluding carboxylic acids is 2. The van der Waals surface area contributed by atoms with Crippen molar-refractivity contribution in [2.75, 3.05) is 41.7 Å². The Hall–Kier alpha value is -6.22. The fraction of sp³-hybridized carbons (Fsp3) is 0.366. The van der Waals surface area contributed by atoms with Crippen LogP contribution in [0.15, 0.2) is 65.6 Å². The van der Waals surface area contributed by atoms with Crippen LogP contribution in [0.2, 0.25) is 0 Å². The number of nitrogens with zero attached hydrogens (tertiary/aromatic N) is 9. The normalized spacial score (nSPS) is 18.0. The highest BCUT2D eigenvalue weighted by molar-refractivity contribution is 5.99. The molecule has 2 amide bonds. The van der Waals surface area contributed by atoms with Gasteiger partial charge >= 0.3 is 0 Å². The predicted octanol–water partition coefficient (Wildman–Crippen LogP) is 4.82. The van der Waals surface area contributed by atoms with Crippen LogP contribution in [0.5, 0.6) is 0 Å². The topological polar surface area (TPSA) is 168 Å². The Bertz CT molecular complexity index is 2550. The third kappa shape index (κ3) is 6.82. The summed E-state index contributed by atoms with van der Waals surface area (Å²) in [5, 5.41) is 23.6. The summed E-state index contributed by atoms with van der Waals surface area (Å²) in [6.45, 7) is 8.99. The van der Waals surface area contributed by atoms with E-state index in [0.29, 0.717) is 22.8 Å². The molecule has 3 aromatic carbocycles. The summed E-state index contributed by atoms with van der Waals surface area (Å²) < 4.78 is 2.89. The van der Waals surface area contributed by atoms with Gasteiger partial charge in [-0.1, -0.05) is 29.5 Å². The number of benzene rings is 3. The van der Waals surface area contributed by atoms with Gasteiger partial charge in [-0.2, -0.15) is 14.8 Å². The van der Waals surface area contributed by atoms with Gasteiger partial charge in [-0.15, -0.1) is 5.10 Å². The van der Waals surface area contributed by atoms with Crippen LogP contribution in [0, 0.1) is 19.8 Å². The fourth-order valence-corrected chi connectivity index (χ4v) is 8.40. The Balaban J connectivity index is 0.815. The zero-order valence-electron chi connectivity index (χ0n) is 31.7. The number of fused-ring (bicyclic) bond motifs is 3. The maximum absolute atomic E-state index is 13.2. The summed E-state index contributed by atoms with van der Waals surface area (Å²) in [5.74, 6) is 0.990. The third-order valence-electron chi connectivity index (χ3n) is 11.5. The van der Waals surface area contributed by atoms with E-state index in [1.54, 1.807) is 10.7 Å². The lowest BCUT2D eigenvalue weighted by molar-refractivity contribution is -0.136. The van der Waals surface area contributed by atoms with Crippen molar-refractivity contribution < 1.29 is 9.59 Å². The number of nitrogens with one attached hydrogen (secondary N) is 3. The number of hydrogen-bond donors (Lipinski definition) is 3. The minimum Gasteiger partial charge on any atom is -0.371 e. The van der Waals surface area contributed by atoms with Crippen LogP contribution in [-0.2, 0) is 29.6 Å². The molecule has 3 aliphatic heterocycles. The number of rotatable bonds is 8. The lowest BCUT2D eigenvalue weighted by Gasteiger charge is -2.37. The maximum Gasteiger partial charge on any atom is 0.278 e. The summed E-state index contributed by atoms with van der Waals surface area (Å²) in [6, 6.07) is 17.6. The van der Waals surface area contributed by atoms with E-state index in [-0.39, 0.29) is 24.3 Å². The summed E-state index contributed by atoms with van der Waals surface area (Å²) in [7, 11) is 1.90. The number of amides is 2. The minimum absolute atomic E-state index is 0.164. The molecule has 286 valence electrons. The Labute approximate surface area is 323 Å². The summed E-state index contributed by atoms with van der Waals surface area (Å²) in [6.07, 6.45) is 5.38. The number of aromatic nitrogens is 7. The van der Waals surface area contributed by atoms with Gasteiger partial charge < -0.3 is 15.5 Å². The number of aryl methyl sites for hydroxylation is 3. The lowest BCUT2D eigenvalue weighted by atomic mass is 9.93. The Morgan fingerprint density at radius 3 is 2.50 bits per heavy atom. The van der Waals surface area contributed by atoms with Gasteiger partial charge in [-0.05, 0) is 98.0 Å². The lowest BCUT2D eigenvalue weighted by Crippen LogP contribution is -2.45. The van der Waals surface area contributed by atoms with E-state index in [9.17, 15) is 14.4 Å². The van der Waals surface area contributed by atoms with Crippen LogP contribution in [0.4, 0.5) is 28.8 Å². The zero-order valence-corrected chi connectivity index (χ0v) is 31.7. The average Bonchev–Trinajstić information content (AvgIpc) is 3.50. The molecule has 3 aliphatic rings. The standard InChI is InChI=1S/C41H44N12O3/c1-24-5-4-6-25(2)36(24)45-37-32-21-42-41(46-38(32)50(3)48-37)43-29-8-7-27-15-16-51(23-28(27)19-29)22-26-13-17-52(18-14-26)30-9-10-31-33(20-30)47-49-53(40(31)56)34-11-12-35(54)44-39(34)55/h4-10,19-21,26,34H,11-18,22-23H2,1-3H3,(H,45,48)(H,42,43,46)(H,44,54,55). The quantitative estimate of drug-likeness (QED) is 0.182. The van der Waals surface area contributed by atoms with Crippen molar-refractivity contribution in [1.82, 2.24) is 45.0 Å². The molecule has 1 atom stereocenters. The summed E-state index contributed by atoms with van der Waals surface area (Å²) in [4.78, 5) is 51.6. The van der Waals surface area contributed by atoms with Crippen molar-refractivity contribution in [2.45, 2.75) is 58.5 Å². The molecule has 2 fully saturated rings. The molecule has 2 saturated heterocycles. The highest BCUT2D eigenvalue weighted by Crippen LogP contribution is 2.31. The van der Waals surface area contributed by atoms with Crippen molar-refractivity contribution in [2.24, 2.45) is 13.0 Å². The molecule has 15 nitrogen and oxygen atoms in total. The van der Waals surface area contributed by atoms with Crippen LogP contribution in [0.25, 0.3) is 21.9 Å². The highest BCUT2D eigenvalue weighted by Gasteiger charge is 2.31. The molecule has 56 heavy (non-hydrogen) atoms. The fourth-order valence-electron chi connectivity index (χ4n) is 8.40. The van der Waals surface area contributed by atoms with Crippen LogP contribution in [-0.4, -0.2) is 77.6 Å². The number of carbonyl (C=O) groups is 2. The number of piperidine rings is 2. The third-order valence-corrected chi connectivity index (χ3v) is 11.5. The molecule has 1 unspecified atom stereocenters. The average molecular weight is 753 g/mol. The Morgan fingerprint density at radius 1 is 0.875 bits per heavy atom. The van der Waals surface area contributed by atoms with E-state index < -0.39 is 11.9 Å². The maximum atomic E-state index is 13.2. The van der Waals surface area contributed by atoms with Crippen molar-refractivity contribution in [3.8, 4) is 0 Å². The first-order chi connectivity index (χ1) is 27.2. The molecule has 3 aromatic heterocycles. The molecule has 9 rings (SSSR count). The molecule has 0 bridgehead atoms. The van der Waals surface area contributed by atoms with Crippen LogP contribution >= 0.6 is 0 Å². The molecular formula is C41H44N12O3. The summed E-state index contributed by atoms with van der Waals surface area (Å²) >= 11 is 0. The SMILES string of the molecule is Cc1cccc(C)c1Nc1nn(C)c2nc(Nc3ccc4c(c3)CN(CC3CCN(c5ccc6c(=O)n(C7CCC(=O)NC7=O)nnc6c5)CC3)CC4)ncc12. The summed E-state index contributed by atoms with van der Waals surface area (Å²) in [5.41, 5.74) is 8.91. The van der Waals surface area contributed by atoms with Gasteiger partial charge in [0.05, 0.1) is 10.8 Å². The first kappa shape index (κ1) is 35.5. The van der Waals surface area contributed by atoms with Gasteiger partial charge in [-0.3, -0.25) is 24.6 Å². The van der Waals surface area contributed by atoms with Gasteiger partial charge in [-0.25, -0.2) is 9.67 Å².